The normalized spacial score (nSPS) is 11.7. The highest BCUT2D eigenvalue weighted by molar-refractivity contribution is 7.89. The summed E-state index contributed by atoms with van der Waals surface area (Å²) in [7, 11) is 0.917. The van der Waals surface area contributed by atoms with Crippen molar-refractivity contribution >= 4 is 27.7 Å². The number of sulfonamides is 1. The molecule has 0 spiro atoms. The summed E-state index contributed by atoms with van der Waals surface area (Å²) in [5.41, 5.74) is 1.17. The highest BCUT2D eigenvalue weighted by Gasteiger charge is 2.17. The van der Waals surface area contributed by atoms with E-state index in [1.165, 1.54) is 32.3 Å². The van der Waals surface area contributed by atoms with Crippen LogP contribution in [0, 0.1) is 0 Å². The van der Waals surface area contributed by atoms with Crippen molar-refractivity contribution in [3.8, 4) is 5.75 Å². The van der Waals surface area contributed by atoms with E-state index in [0.717, 1.165) is 9.87 Å². The number of benzene rings is 2. The first-order valence-electron chi connectivity index (χ1n) is 7.49. The molecule has 2 aromatic rings. The Morgan fingerprint density at radius 3 is 2.52 bits per heavy atom. The van der Waals surface area contributed by atoms with Crippen LogP contribution >= 0.6 is 0 Å². The molecule has 0 radical (unpaired) electrons. The Hall–Kier alpha value is -2.64. The fourth-order valence-corrected chi connectivity index (χ4v) is 3.05. The predicted octanol–water partition coefficient (Wildman–Crippen LogP) is 2.60. The van der Waals surface area contributed by atoms with Crippen molar-refractivity contribution in [2.45, 2.75) is 4.90 Å². The van der Waals surface area contributed by atoms with Gasteiger partial charge in [-0.3, -0.25) is 4.79 Å². The molecule has 0 aliphatic carbocycles. The fourth-order valence-electron chi connectivity index (χ4n) is 2.10. The van der Waals surface area contributed by atoms with Gasteiger partial charge in [0, 0.05) is 31.4 Å². The number of nitrogens with zero attached hydrogens (tertiary/aromatic N) is 1. The fraction of sp³-hybridized carbons (Fsp3) is 0.167. The number of hydrogen-bond donors (Lipinski definition) is 1. The zero-order valence-electron chi connectivity index (χ0n) is 14.3. The van der Waals surface area contributed by atoms with Crippen molar-refractivity contribution in [3.05, 3.63) is 60.2 Å². The summed E-state index contributed by atoms with van der Waals surface area (Å²) in [6.45, 7) is 0. The number of para-hydroxylation sites is 1. The van der Waals surface area contributed by atoms with E-state index < -0.39 is 10.0 Å². The van der Waals surface area contributed by atoms with Crippen LogP contribution in [0.15, 0.2) is 59.5 Å². The van der Waals surface area contributed by atoms with Crippen LogP contribution < -0.4 is 10.1 Å². The number of methoxy groups -OCH3 is 1. The van der Waals surface area contributed by atoms with Crippen LogP contribution in [0.4, 0.5) is 5.69 Å². The SMILES string of the molecule is COc1ccccc1C=CC(=O)Nc1cccc(S(=O)(=O)N(C)C)c1. The van der Waals surface area contributed by atoms with Crippen LogP contribution in [0.25, 0.3) is 6.08 Å². The number of carbonyl (C=O) groups excluding carboxylic acids is 1. The molecule has 1 amide bonds. The molecule has 0 aromatic heterocycles. The molecule has 25 heavy (non-hydrogen) atoms. The van der Waals surface area contributed by atoms with Crippen molar-refractivity contribution in [2.75, 3.05) is 26.5 Å². The predicted molar refractivity (Wildman–Crippen MR) is 98.0 cm³/mol. The molecule has 0 fully saturated rings. The average molecular weight is 360 g/mol. The lowest BCUT2D eigenvalue weighted by molar-refractivity contribution is -0.111. The highest BCUT2D eigenvalue weighted by atomic mass is 32.2. The summed E-state index contributed by atoms with van der Waals surface area (Å²) in [6, 6.07) is 13.4. The molecule has 0 aliphatic heterocycles. The maximum absolute atomic E-state index is 12.1. The van der Waals surface area contributed by atoms with Crippen LogP contribution in [-0.2, 0) is 14.8 Å². The van der Waals surface area contributed by atoms with Gasteiger partial charge in [-0.25, -0.2) is 12.7 Å². The lowest BCUT2D eigenvalue weighted by atomic mass is 10.2. The monoisotopic (exact) mass is 360 g/mol. The molecule has 0 bridgehead atoms. The van der Waals surface area contributed by atoms with Gasteiger partial charge in [-0.2, -0.15) is 0 Å². The van der Waals surface area contributed by atoms with Gasteiger partial charge in [0.25, 0.3) is 0 Å². The Kier molecular flexibility index (Phi) is 5.95. The summed E-state index contributed by atoms with van der Waals surface area (Å²) in [6.07, 6.45) is 3.00. The molecule has 7 heteroatoms. The third-order valence-corrected chi connectivity index (χ3v) is 5.24. The maximum atomic E-state index is 12.1. The molecule has 1 N–H and O–H groups in total. The molecule has 132 valence electrons. The average Bonchev–Trinajstić information content (AvgIpc) is 2.60. The second-order valence-electron chi connectivity index (χ2n) is 5.38. The number of nitrogens with one attached hydrogen (secondary N) is 1. The van der Waals surface area contributed by atoms with Crippen LogP contribution in [-0.4, -0.2) is 39.8 Å². The Balaban J connectivity index is 2.15. The van der Waals surface area contributed by atoms with Gasteiger partial charge >= 0.3 is 0 Å². The van der Waals surface area contributed by atoms with Crippen LogP contribution in [0.1, 0.15) is 5.56 Å². The number of carbonyl (C=O) groups is 1. The highest BCUT2D eigenvalue weighted by Crippen LogP contribution is 2.20. The summed E-state index contributed by atoms with van der Waals surface area (Å²) >= 11 is 0. The molecule has 6 nitrogen and oxygen atoms in total. The minimum absolute atomic E-state index is 0.115. The van der Waals surface area contributed by atoms with E-state index in [0.29, 0.717) is 11.4 Å². The van der Waals surface area contributed by atoms with E-state index >= 15 is 0 Å². The van der Waals surface area contributed by atoms with Gasteiger partial charge in [-0.1, -0.05) is 24.3 Å². The smallest absolute Gasteiger partial charge is 0.248 e. The third-order valence-electron chi connectivity index (χ3n) is 3.43. The summed E-state index contributed by atoms with van der Waals surface area (Å²) in [5, 5.41) is 2.65. The molecule has 2 aromatic carbocycles. The van der Waals surface area contributed by atoms with Crippen molar-refractivity contribution in [2.24, 2.45) is 0 Å². The van der Waals surface area contributed by atoms with Crippen molar-refractivity contribution in [3.63, 3.8) is 0 Å². The number of anilines is 1. The number of rotatable bonds is 6. The molecule has 0 aliphatic rings. The maximum Gasteiger partial charge on any atom is 0.248 e. The van der Waals surface area contributed by atoms with Crippen LogP contribution in [0.5, 0.6) is 5.75 Å². The van der Waals surface area contributed by atoms with E-state index in [1.807, 2.05) is 18.2 Å². The molecule has 0 atom stereocenters. The third kappa shape index (κ3) is 4.68. The van der Waals surface area contributed by atoms with E-state index in [4.69, 9.17) is 4.74 Å². The van der Waals surface area contributed by atoms with Gasteiger partial charge in [0.1, 0.15) is 5.75 Å². The number of hydrogen-bond acceptors (Lipinski definition) is 4. The van der Waals surface area contributed by atoms with Crippen LogP contribution in [0.3, 0.4) is 0 Å². The quantitative estimate of drug-likeness (QED) is 0.804. The summed E-state index contributed by atoms with van der Waals surface area (Å²) in [4.78, 5) is 12.2. The Bertz CT molecular complexity index is 889. The first-order chi connectivity index (χ1) is 11.8. The van der Waals surface area contributed by atoms with Gasteiger partial charge in [0.05, 0.1) is 12.0 Å². The standard InChI is InChI=1S/C18H20N2O4S/c1-20(2)25(22,23)16-9-6-8-15(13-16)19-18(21)12-11-14-7-4-5-10-17(14)24-3/h4-13H,1-3H3,(H,19,21). The van der Waals surface area contributed by atoms with Crippen LogP contribution in [0.2, 0.25) is 0 Å². The lowest BCUT2D eigenvalue weighted by Crippen LogP contribution is -2.22. The Morgan fingerprint density at radius 1 is 1.12 bits per heavy atom. The lowest BCUT2D eigenvalue weighted by Gasteiger charge is -2.12. The molecule has 0 heterocycles. The largest absolute Gasteiger partial charge is 0.496 e. The molecule has 0 saturated carbocycles. The second-order valence-corrected chi connectivity index (χ2v) is 7.53. The van der Waals surface area contributed by atoms with E-state index in [9.17, 15) is 13.2 Å². The van der Waals surface area contributed by atoms with E-state index in [2.05, 4.69) is 5.32 Å². The zero-order valence-corrected chi connectivity index (χ0v) is 15.1. The van der Waals surface area contributed by atoms with Gasteiger partial charge < -0.3 is 10.1 Å². The molecular weight excluding hydrogens is 340 g/mol. The Morgan fingerprint density at radius 2 is 1.84 bits per heavy atom. The minimum atomic E-state index is -3.55. The van der Waals surface area contributed by atoms with Gasteiger partial charge in [0.2, 0.25) is 15.9 Å². The topological polar surface area (TPSA) is 75.7 Å². The number of ether oxygens (including phenoxy) is 1. The Labute approximate surface area is 147 Å². The van der Waals surface area contributed by atoms with E-state index in [1.54, 1.807) is 31.4 Å². The van der Waals surface area contributed by atoms with Gasteiger partial charge in [-0.15, -0.1) is 0 Å². The van der Waals surface area contributed by atoms with Crippen molar-refractivity contribution in [1.29, 1.82) is 0 Å². The minimum Gasteiger partial charge on any atom is -0.496 e. The number of amides is 1. The van der Waals surface area contributed by atoms with E-state index in [-0.39, 0.29) is 10.8 Å². The van der Waals surface area contributed by atoms with Crippen molar-refractivity contribution < 1.29 is 17.9 Å². The van der Waals surface area contributed by atoms with Gasteiger partial charge in [-0.05, 0) is 30.3 Å². The molecule has 0 unspecified atom stereocenters. The first-order valence-corrected chi connectivity index (χ1v) is 8.93. The molecular formula is C18H20N2O4S. The zero-order chi connectivity index (χ0) is 18.4. The summed E-state index contributed by atoms with van der Waals surface area (Å²) < 4.78 is 30.6. The van der Waals surface area contributed by atoms with Crippen molar-refractivity contribution in [1.82, 2.24) is 4.31 Å². The first kappa shape index (κ1) is 18.7. The van der Waals surface area contributed by atoms with Gasteiger partial charge in [0.15, 0.2) is 0 Å². The second kappa shape index (κ2) is 7.96. The summed E-state index contributed by atoms with van der Waals surface area (Å²) in [5.74, 6) is 0.288. The molecule has 2 rings (SSSR count). The molecule has 0 saturated heterocycles.